The number of rotatable bonds is 11. The molecule has 2 atom stereocenters. The first-order valence-electron chi connectivity index (χ1n) is 14.3. The van der Waals surface area contributed by atoms with Gasteiger partial charge in [0, 0.05) is 16.6 Å². The lowest BCUT2D eigenvalue weighted by Gasteiger charge is -2.33. The minimum absolute atomic E-state index is 0.0162. The molecule has 0 saturated carbocycles. The molecule has 1 amide bonds. The Labute approximate surface area is 264 Å². The van der Waals surface area contributed by atoms with Crippen LogP contribution >= 0.6 is 11.6 Å². The molecule has 3 aromatic carbocycles. The fraction of sp³-hybridized carbons (Fsp3) is 0.353. The third kappa shape index (κ3) is 9.17. The van der Waals surface area contributed by atoms with Crippen molar-refractivity contribution in [2.45, 2.75) is 81.9 Å². The molecule has 0 saturated heterocycles. The minimum Gasteiger partial charge on any atom is -0.478 e. The number of halogens is 1. The zero-order valence-corrected chi connectivity index (χ0v) is 27.4. The van der Waals surface area contributed by atoms with Crippen molar-refractivity contribution in [3.63, 3.8) is 0 Å². The first-order valence-corrected chi connectivity index (χ1v) is 16.2. The predicted molar refractivity (Wildman–Crippen MR) is 171 cm³/mol. The zero-order chi connectivity index (χ0) is 32.8. The van der Waals surface area contributed by atoms with Gasteiger partial charge >= 0.3 is 12.1 Å². The Morgan fingerprint density at radius 3 is 2.27 bits per heavy atom. The van der Waals surface area contributed by atoms with E-state index in [1.807, 2.05) is 13.8 Å². The van der Waals surface area contributed by atoms with Gasteiger partial charge in [0.1, 0.15) is 5.60 Å². The summed E-state index contributed by atoms with van der Waals surface area (Å²) in [6, 6.07) is 17.6. The first-order chi connectivity index (χ1) is 20.5. The number of carboxylic acid groups (broad SMARTS) is 1. The van der Waals surface area contributed by atoms with E-state index in [9.17, 15) is 28.2 Å². The summed E-state index contributed by atoms with van der Waals surface area (Å²) in [4.78, 5) is 26.3. The molecule has 0 spiro atoms. The molecular formula is C34H40ClNO7S. The van der Waals surface area contributed by atoms with Crippen molar-refractivity contribution in [3.05, 3.63) is 99.6 Å². The second kappa shape index (κ2) is 14.4. The van der Waals surface area contributed by atoms with E-state index in [4.69, 9.17) is 16.3 Å². The van der Waals surface area contributed by atoms with E-state index < -0.39 is 39.6 Å². The van der Waals surface area contributed by atoms with Gasteiger partial charge in [-0.25, -0.2) is 18.0 Å². The average Bonchev–Trinajstić information content (AvgIpc) is 2.93. The Hall–Kier alpha value is -3.66. The van der Waals surface area contributed by atoms with E-state index in [1.165, 1.54) is 29.2 Å². The Kier molecular flexibility index (Phi) is 11.4. The lowest BCUT2D eigenvalue weighted by Crippen LogP contribution is -2.45. The van der Waals surface area contributed by atoms with Gasteiger partial charge in [-0.15, -0.1) is 0 Å². The van der Waals surface area contributed by atoms with Crippen LogP contribution in [0.2, 0.25) is 5.02 Å². The number of carbonyl (C=O) groups is 2. The summed E-state index contributed by atoms with van der Waals surface area (Å²) in [6.45, 7) is 10.6. The molecule has 3 rings (SSSR count). The number of nitrogens with zero attached hydrogens (tertiary/aromatic N) is 1. The number of carboxylic acids is 1. The van der Waals surface area contributed by atoms with Gasteiger partial charge in [0.25, 0.3) is 0 Å². The van der Waals surface area contributed by atoms with E-state index >= 15 is 0 Å². The summed E-state index contributed by atoms with van der Waals surface area (Å²) in [7, 11) is -3.98. The molecule has 0 radical (unpaired) electrons. The highest BCUT2D eigenvalue weighted by Crippen LogP contribution is 2.28. The Morgan fingerprint density at radius 2 is 1.70 bits per heavy atom. The number of aliphatic hydroxyl groups excluding tert-OH is 1. The molecular weight excluding hydrogens is 602 g/mol. The van der Waals surface area contributed by atoms with Gasteiger partial charge in [0.15, 0.2) is 0 Å². The number of sulfone groups is 1. The Balaban J connectivity index is 1.88. The molecule has 0 fully saturated rings. The smallest absolute Gasteiger partial charge is 0.410 e. The van der Waals surface area contributed by atoms with Crippen LogP contribution in [0.1, 0.15) is 69.4 Å². The average molecular weight is 642 g/mol. The van der Waals surface area contributed by atoms with Crippen LogP contribution in [0.3, 0.4) is 0 Å². The lowest BCUT2D eigenvalue weighted by atomic mass is 10.0. The fourth-order valence-corrected chi connectivity index (χ4v) is 6.29. The van der Waals surface area contributed by atoms with Crippen LogP contribution in [0.5, 0.6) is 0 Å². The van der Waals surface area contributed by atoms with Crippen LogP contribution in [0.15, 0.2) is 82.1 Å². The molecule has 0 aliphatic carbocycles. The van der Waals surface area contributed by atoms with E-state index in [2.05, 4.69) is 0 Å². The quantitative estimate of drug-likeness (QED) is 0.211. The van der Waals surface area contributed by atoms with Crippen molar-refractivity contribution < 1.29 is 33.0 Å². The maximum Gasteiger partial charge on any atom is 0.410 e. The molecule has 0 unspecified atom stereocenters. The number of aliphatic carboxylic acids is 1. The van der Waals surface area contributed by atoms with Crippen molar-refractivity contribution in [1.29, 1.82) is 0 Å². The van der Waals surface area contributed by atoms with Crippen LogP contribution in [-0.4, -0.2) is 53.8 Å². The van der Waals surface area contributed by atoms with Crippen LogP contribution in [0.25, 0.3) is 6.08 Å². The molecule has 3 aromatic rings. The highest BCUT2D eigenvalue weighted by atomic mass is 35.5. The molecule has 0 aliphatic heterocycles. The Morgan fingerprint density at radius 1 is 1.05 bits per heavy atom. The second-order valence-electron chi connectivity index (χ2n) is 11.8. The van der Waals surface area contributed by atoms with E-state index in [0.717, 1.165) is 11.1 Å². The lowest BCUT2D eigenvalue weighted by molar-refractivity contribution is -0.132. The van der Waals surface area contributed by atoms with Crippen LogP contribution in [0, 0.1) is 6.92 Å². The molecule has 44 heavy (non-hydrogen) atoms. The number of amides is 1. The van der Waals surface area contributed by atoms with Gasteiger partial charge in [-0.1, -0.05) is 60.5 Å². The van der Waals surface area contributed by atoms with Gasteiger partial charge in [-0.05, 0) is 101 Å². The fourth-order valence-electron chi connectivity index (χ4n) is 4.67. The summed E-state index contributed by atoms with van der Waals surface area (Å²) in [5.41, 5.74) is 1.80. The summed E-state index contributed by atoms with van der Waals surface area (Å²) >= 11 is 6.10. The maximum absolute atomic E-state index is 13.7. The standard InChI is InChI=1S/C34H40ClNO7S/c1-7-25(32(38)39)19-27-17-22(2)11-16-31(27)44(41,42)29-14-12-24(13-15-29)18-23(3)36(33(40)43-34(4,5)6)21-30(37)26-9-8-10-28(35)20-26/h8-17,19-20,23,30,37H,7,18,21H2,1-6H3,(H,38,39)/b25-19+/t23-,30-/m1/s1. The van der Waals surface area contributed by atoms with Crippen molar-refractivity contribution in [1.82, 2.24) is 4.90 Å². The zero-order valence-electron chi connectivity index (χ0n) is 25.9. The van der Waals surface area contributed by atoms with Crippen molar-refractivity contribution in [3.8, 4) is 0 Å². The maximum atomic E-state index is 13.7. The van der Waals surface area contributed by atoms with Gasteiger partial charge in [0.2, 0.25) is 9.84 Å². The van der Waals surface area contributed by atoms with Crippen LogP contribution in [0.4, 0.5) is 4.79 Å². The normalized spacial score (nSPS) is 13.7. The van der Waals surface area contributed by atoms with Crippen molar-refractivity contribution in [2.75, 3.05) is 6.54 Å². The van der Waals surface area contributed by atoms with Crippen LogP contribution < -0.4 is 0 Å². The summed E-state index contributed by atoms with van der Waals surface area (Å²) in [6.07, 6.45) is 0.410. The van der Waals surface area contributed by atoms with E-state index in [0.29, 0.717) is 22.6 Å². The SMILES string of the molecule is CC/C(=C\c1cc(C)ccc1S(=O)(=O)c1ccc(C[C@@H](C)N(C[C@@H](O)c2cccc(Cl)c2)C(=O)OC(C)(C)C)cc1)C(=O)O. The van der Waals surface area contributed by atoms with Gasteiger partial charge < -0.3 is 19.8 Å². The van der Waals surface area contributed by atoms with E-state index in [-0.39, 0.29) is 28.3 Å². The van der Waals surface area contributed by atoms with Gasteiger partial charge in [-0.2, -0.15) is 0 Å². The number of carbonyl (C=O) groups excluding carboxylic acids is 1. The van der Waals surface area contributed by atoms with E-state index in [1.54, 1.807) is 76.2 Å². The number of hydrogen-bond donors (Lipinski definition) is 2. The number of hydrogen-bond acceptors (Lipinski definition) is 6. The first kappa shape index (κ1) is 34.8. The predicted octanol–water partition coefficient (Wildman–Crippen LogP) is 7.26. The van der Waals surface area contributed by atoms with Gasteiger partial charge in [0.05, 0.1) is 22.4 Å². The molecule has 2 N–H and O–H groups in total. The highest BCUT2D eigenvalue weighted by molar-refractivity contribution is 7.91. The molecule has 0 aliphatic rings. The largest absolute Gasteiger partial charge is 0.478 e. The van der Waals surface area contributed by atoms with Crippen molar-refractivity contribution >= 4 is 39.6 Å². The molecule has 0 aromatic heterocycles. The third-order valence-electron chi connectivity index (χ3n) is 6.97. The summed E-state index contributed by atoms with van der Waals surface area (Å²) in [5, 5.41) is 20.9. The Bertz CT molecular complexity index is 1630. The number of aliphatic hydroxyl groups is 1. The minimum atomic E-state index is -3.98. The molecule has 10 heteroatoms. The number of benzene rings is 3. The number of ether oxygens (including phenoxy) is 1. The second-order valence-corrected chi connectivity index (χ2v) is 14.1. The van der Waals surface area contributed by atoms with Gasteiger partial charge in [-0.3, -0.25) is 0 Å². The summed E-state index contributed by atoms with van der Waals surface area (Å²) < 4.78 is 33.0. The highest BCUT2D eigenvalue weighted by Gasteiger charge is 2.29. The third-order valence-corrected chi connectivity index (χ3v) is 9.05. The monoisotopic (exact) mass is 641 g/mol. The van der Waals surface area contributed by atoms with Crippen LogP contribution in [-0.2, 0) is 25.8 Å². The molecule has 8 nitrogen and oxygen atoms in total. The molecule has 0 heterocycles. The molecule has 0 bridgehead atoms. The molecule has 236 valence electrons. The topological polar surface area (TPSA) is 121 Å². The number of aryl methyl sites for hydroxylation is 1. The van der Waals surface area contributed by atoms with Crippen molar-refractivity contribution in [2.24, 2.45) is 0 Å². The summed E-state index contributed by atoms with van der Waals surface area (Å²) in [5.74, 6) is -1.10.